The number of guanidine groups is 1. The van der Waals surface area contributed by atoms with Gasteiger partial charge in [-0.3, -0.25) is 4.90 Å². The smallest absolute Gasteiger partial charge is 0.191 e. The minimum atomic E-state index is 0.352. The van der Waals surface area contributed by atoms with Crippen molar-refractivity contribution in [3.63, 3.8) is 0 Å². The predicted molar refractivity (Wildman–Crippen MR) is 113 cm³/mol. The molecule has 3 rings (SSSR count). The van der Waals surface area contributed by atoms with Gasteiger partial charge in [0.05, 0.1) is 11.7 Å². The zero-order valence-corrected chi connectivity index (χ0v) is 17.3. The van der Waals surface area contributed by atoms with Gasteiger partial charge < -0.3 is 15.2 Å². The number of nitrogens with one attached hydrogen (secondary N) is 2. The van der Waals surface area contributed by atoms with Crippen molar-refractivity contribution >= 4 is 5.96 Å². The van der Waals surface area contributed by atoms with E-state index >= 15 is 0 Å². The Morgan fingerprint density at radius 3 is 2.57 bits per heavy atom. The molecule has 6 nitrogen and oxygen atoms in total. The van der Waals surface area contributed by atoms with E-state index in [1.807, 2.05) is 6.07 Å². The van der Waals surface area contributed by atoms with Crippen LogP contribution >= 0.6 is 0 Å². The summed E-state index contributed by atoms with van der Waals surface area (Å²) in [5.41, 5.74) is 2.32. The van der Waals surface area contributed by atoms with Gasteiger partial charge in [-0.1, -0.05) is 49.3 Å². The van der Waals surface area contributed by atoms with E-state index in [0.29, 0.717) is 18.5 Å². The Bertz CT molecular complexity index is 734. The summed E-state index contributed by atoms with van der Waals surface area (Å²) in [5.74, 6) is 1.96. The van der Waals surface area contributed by atoms with Crippen molar-refractivity contribution in [2.75, 3.05) is 26.2 Å². The molecule has 152 valence electrons. The zero-order chi connectivity index (χ0) is 19.8. The van der Waals surface area contributed by atoms with Crippen molar-refractivity contribution in [1.29, 1.82) is 0 Å². The second kappa shape index (κ2) is 10.3. The molecule has 28 heavy (non-hydrogen) atoms. The number of benzene rings is 1. The van der Waals surface area contributed by atoms with Crippen molar-refractivity contribution in [3.8, 4) is 0 Å². The lowest BCUT2D eigenvalue weighted by atomic mass is 10.1. The molecule has 2 heterocycles. The second-order valence-electron chi connectivity index (χ2n) is 7.62. The molecule has 0 amide bonds. The van der Waals surface area contributed by atoms with E-state index in [9.17, 15) is 0 Å². The Hall–Kier alpha value is -2.34. The summed E-state index contributed by atoms with van der Waals surface area (Å²) in [6.45, 7) is 10.7. The van der Waals surface area contributed by atoms with E-state index in [2.05, 4.69) is 71.8 Å². The molecule has 1 aromatic heterocycles. The second-order valence-corrected chi connectivity index (χ2v) is 7.62. The highest BCUT2D eigenvalue weighted by atomic mass is 16.5. The normalized spacial score (nSPS) is 16.5. The standard InChI is InChI=1S/C22H33N5O/c1-4-23-22(24-15-19-14-20(17(2)3)26-28-19)25-16-21(27-12-8-9-13-27)18-10-6-5-7-11-18/h5-7,10-11,14,17,21H,4,8-9,12-13,15-16H2,1-3H3,(H2,23,24,25). The molecule has 2 N–H and O–H groups in total. The monoisotopic (exact) mass is 383 g/mol. The van der Waals surface area contributed by atoms with Crippen LogP contribution in [0.25, 0.3) is 0 Å². The average molecular weight is 384 g/mol. The first-order valence-corrected chi connectivity index (χ1v) is 10.4. The average Bonchev–Trinajstić information content (AvgIpc) is 3.39. The number of aliphatic imine (C=N–C) groups is 1. The highest BCUT2D eigenvalue weighted by Crippen LogP contribution is 2.24. The number of likely N-dealkylation sites (tertiary alicyclic amines) is 1. The van der Waals surface area contributed by atoms with Crippen LogP contribution in [-0.2, 0) is 6.54 Å². The lowest BCUT2D eigenvalue weighted by molar-refractivity contribution is 0.245. The molecule has 0 aliphatic carbocycles. The van der Waals surface area contributed by atoms with Crippen LogP contribution in [0.1, 0.15) is 62.6 Å². The molecule has 2 aromatic rings. The molecule has 0 spiro atoms. The first-order chi connectivity index (χ1) is 13.7. The van der Waals surface area contributed by atoms with E-state index in [4.69, 9.17) is 9.52 Å². The Morgan fingerprint density at radius 1 is 1.18 bits per heavy atom. The summed E-state index contributed by atoms with van der Waals surface area (Å²) >= 11 is 0. The fourth-order valence-electron chi connectivity index (χ4n) is 3.55. The summed E-state index contributed by atoms with van der Waals surface area (Å²) in [6.07, 6.45) is 2.56. The first-order valence-electron chi connectivity index (χ1n) is 10.4. The van der Waals surface area contributed by atoms with E-state index < -0.39 is 0 Å². The molecule has 1 aromatic carbocycles. The van der Waals surface area contributed by atoms with E-state index in [0.717, 1.165) is 43.6 Å². The van der Waals surface area contributed by atoms with Crippen LogP contribution < -0.4 is 10.6 Å². The van der Waals surface area contributed by atoms with Gasteiger partial charge in [0.25, 0.3) is 0 Å². The first kappa shape index (κ1) is 20.4. The molecule has 1 atom stereocenters. The van der Waals surface area contributed by atoms with Gasteiger partial charge >= 0.3 is 0 Å². The molecule has 1 unspecified atom stereocenters. The summed E-state index contributed by atoms with van der Waals surface area (Å²) in [4.78, 5) is 7.26. The largest absolute Gasteiger partial charge is 0.359 e. The molecule has 0 saturated carbocycles. The summed E-state index contributed by atoms with van der Waals surface area (Å²) in [7, 11) is 0. The zero-order valence-electron chi connectivity index (χ0n) is 17.3. The summed E-state index contributed by atoms with van der Waals surface area (Å²) in [6, 6.07) is 13.1. The maximum atomic E-state index is 5.41. The van der Waals surface area contributed by atoms with E-state index in [1.165, 1.54) is 18.4 Å². The number of hydrogen-bond acceptors (Lipinski definition) is 4. The molecule has 6 heteroatoms. The molecule has 1 aliphatic rings. The van der Waals surface area contributed by atoms with Crippen LogP contribution in [0.3, 0.4) is 0 Å². The highest BCUT2D eigenvalue weighted by Gasteiger charge is 2.23. The maximum Gasteiger partial charge on any atom is 0.191 e. The Kier molecular flexibility index (Phi) is 7.48. The van der Waals surface area contributed by atoms with Gasteiger partial charge in [-0.25, -0.2) is 4.99 Å². The summed E-state index contributed by atoms with van der Waals surface area (Å²) in [5, 5.41) is 11.0. The molecule has 1 saturated heterocycles. The number of aromatic nitrogens is 1. The molecule has 1 fully saturated rings. The SMILES string of the molecule is CCNC(=NCc1cc(C(C)C)no1)NCC(c1ccccc1)N1CCCC1. The highest BCUT2D eigenvalue weighted by molar-refractivity contribution is 5.79. The van der Waals surface area contributed by atoms with Crippen LogP contribution in [0, 0.1) is 0 Å². The van der Waals surface area contributed by atoms with Crippen molar-refractivity contribution < 1.29 is 4.52 Å². The maximum absolute atomic E-state index is 5.41. The molecular formula is C22H33N5O. The summed E-state index contributed by atoms with van der Waals surface area (Å²) < 4.78 is 5.41. The van der Waals surface area contributed by atoms with Gasteiger partial charge in [0.2, 0.25) is 0 Å². The van der Waals surface area contributed by atoms with E-state index in [-0.39, 0.29) is 0 Å². The van der Waals surface area contributed by atoms with Crippen LogP contribution in [-0.4, -0.2) is 42.2 Å². The number of nitrogens with zero attached hydrogens (tertiary/aromatic N) is 3. The van der Waals surface area contributed by atoms with E-state index in [1.54, 1.807) is 0 Å². The van der Waals surface area contributed by atoms with Crippen LogP contribution in [0.2, 0.25) is 0 Å². The van der Waals surface area contributed by atoms with Crippen LogP contribution in [0.4, 0.5) is 0 Å². The Labute approximate surface area is 168 Å². The third-order valence-electron chi connectivity index (χ3n) is 5.13. The van der Waals surface area contributed by atoms with Crippen molar-refractivity contribution in [2.45, 2.75) is 52.1 Å². The predicted octanol–water partition coefficient (Wildman–Crippen LogP) is 3.69. The van der Waals surface area contributed by atoms with Gasteiger partial charge in [0, 0.05) is 19.2 Å². The number of rotatable bonds is 8. The Morgan fingerprint density at radius 2 is 1.93 bits per heavy atom. The van der Waals surface area contributed by atoms with Crippen molar-refractivity contribution in [3.05, 3.63) is 53.4 Å². The number of hydrogen-bond donors (Lipinski definition) is 2. The quantitative estimate of drug-likeness (QED) is 0.538. The van der Waals surface area contributed by atoms with Crippen molar-refractivity contribution in [1.82, 2.24) is 20.7 Å². The van der Waals surface area contributed by atoms with Gasteiger partial charge in [-0.2, -0.15) is 0 Å². The minimum Gasteiger partial charge on any atom is -0.359 e. The van der Waals surface area contributed by atoms with Gasteiger partial charge in [0.15, 0.2) is 11.7 Å². The minimum absolute atomic E-state index is 0.352. The topological polar surface area (TPSA) is 65.7 Å². The fraction of sp³-hybridized carbons (Fsp3) is 0.545. The van der Waals surface area contributed by atoms with Crippen molar-refractivity contribution in [2.24, 2.45) is 4.99 Å². The molecule has 0 radical (unpaired) electrons. The van der Waals surface area contributed by atoms with Gasteiger partial charge in [-0.15, -0.1) is 0 Å². The Balaban J connectivity index is 1.65. The third kappa shape index (κ3) is 5.58. The van der Waals surface area contributed by atoms with Crippen LogP contribution in [0.15, 0.2) is 45.9 Å². The van der Waals surface area contributed by atoms with Gasteiger partial charge in [0.1, 0.15) is 6.54 Å². The molecular weight excluding hydrogens is 350 g/mol. The molecule has 1 aliphatic heterocycles. The third-order valence-corrected chi connectivity index (χ3v) is 5.13. The van der Waals surface area contributed by atoms with Crippen LogP contribution in [0.5, 0.6) is 0 Å². The van der Waals surface area contributed by atoms with Gasteiger partial charge in [-0.05, 0) is 44.3 Å². The molecule has 0 bridgehead atoms. The fourth-order valence-corrected chi connectivity index (χ4v) is 3.55. The lowest BCUT2D eigenvalue weighted by Crippen LogP contribution is -2.42. The lowest BCUT2D eigenvalue weighted by Gasteiger charge is -2.29.